The Morgan fingerprint density at radius 2 is 2.14 bits per heavy atom. The van der Waals surface area contributed by atoms with E-state index >= 15 is 0 Å². The molecule has 0 fully saturated rings. The average molecular weight is 320 g/mol. The van der Waals surface area contributed by atoms with Gasteiger partial charge in [0.1, 0.15) is 17.3 Å². The summed E-state index contributed by atoms with van der Waals surface area (Å²) in [6, 6.07) is 11.2. The zero-order valence-corrected chi connectivity index (χ0v) is 12.3. The minimum atomic E-state index is -0.544. The average Bonchev–Trinajstić information content (AvgIpc) is 2.87. The Kier molecular flexibility index (Phi) is 3.98. The number of amides is 1. The van der Waals surface area contributed by atoms with Crippen LogP contribution in [0.25, 0.3) is 10.2 Å². The number of fused-ring (bicyclic) bond motifs is 1. The molecular formula is C14H10ClN3O2S. The van der Waals surface area contributed by atoms with E-state index in [-0.39, 0.29) is 6.61 Å². The van der Waals surface area contributed by atoms with Crippen molar-refractivity contribution in [2.75, 3.05) is 5.32 Å². The smallest absolute Gasteiger partial charge is 0.413 e. The lowest BCUT2D eigenvalue weighted by atomic mass is 10.2. The molecule has 0 spiro atoms. The third-order valence-corrected chi connectivity index (χ3v) is 3.80. The number of ether oxygens (including phenoxy) is 1. The highest BCUT2D eigenvalue weighted by atomic mass is 35.5. The Morgan fingerprint density at radius 3 is 2.95 bits per heavy atom. The summed E-state index contributed by atoms with van der Waals surface area (Å²) in [7, 11) is 0. The van der Waals surface area contributed by atoms with Crippen LogP contribution in [0.15, 0.2) is 42.6 Å². The largest absolute Gasteiger partial charge is 0.444 e. The van der Waals surface area contributed by atoms with E-state index in [1.54, 1.807) is 12.3 Å². The molecule has 0 aliphatic rings. The van der Waals surface area contributed by atoms with Crippen molar-refractivity contribution in [3.8, 4) is 0 Å². The molecule has 0 saturated heterocycles. The minimum Gasteiger partial charge on any atom is -0.444 e. The fraction of sp³-hybridized carbons (Fsp3) is 0.0714. The fourth-order valence-corrected chi connectivity index (χ4v) is 2.79. The summed E-state index contributed by atoms with van der Waals surface area (Å²) in [5.74, 6) is 0. The van der Waals surface area contributed by atoms with Crippen LogP contribution in [0.5, 0.6) is 0 Å². The standard InChI is InChI=1S/C14H10ClN3O2S/c15-12-6-11-10(7-16-12)17-13(21-11)18-14(19)20-8-9-4-2-1-3-5-9/h1-7H,8H2,(H,17,18,19). The van der Waals surface area contributed by atoms with Crippen molar-refractivity contribution in [3.63, 3.8) is 0 Å². The number of hydrogen-bond acceptors (Lipinski definition) is 5. The molecule has 0 saturated carbocycles. The predicted octanol–water partition coefficient (Wildman–Crippen LogP) is 4.09. The summed E-state index contributed by atoms with van der Waals surface area (Å²) >= 11 is 7.12. The first kappa shape index (κ1) is 13.8. The first-order valence-electron chi connectivity index (χ1n) is 6.10. The van der Waals surface area contributed by atoms with Crippen molar-refractivity contribution in [2.45, 2.75) is 6.61 Å². The van der Waals surface area contributed by atoms with Crippen molar-refractivity contribution in [1.82, 2.24) is 9.97 Å². The second-order valence-corrected chi connectivity index (χ2v) is 5.60. The van der Waals surface area contributed by atoms with Crippen LogP contribution in [0.1, 0.15) is 5.56 Å². The van der Waals surface area contributed by atoms with E-state index in [1.807, 2.05) is 30.3 Å². The van der Waals surface area contributed by atoms with E-state index in [4.69, 9.17) is 16.3 Å². The van der Waals surface area contributed by atoms with Gasteiger partial charge in [0.25, 0.3) is 0 Å². The number of benzene rings is 1. The molecule has 0 aliphatic carbocycles. The number of nitrogens with one attached hydrogen (secondary N) is 1. The summed E-state index contributed by atoms with van der Waals surface area (Å²) in [5.41, 5.74) is 1.61. The number of hydrogen-bond donors (Lipinski definition) is 1. The van der Waals surface area contributed by atoms with Crippen molar-refractivity contribution < 1.29 is 9.53 Å². The number of pyridine rings is 1. The number of halogens is 1. The van der Waals surface area contributed by atoms with Gasteiger partial charge in [0.05, 0.1) is 10.9 Å². The van der Waals surface area contributed by atoms with Crippen LogP contribution in [0.2, 0.25) is 5.15 Å². The molecule has 0 atom stereocenters. The molecule has 21 heavy (non-hydrogen) atoms. The summed E-state index contributed by atoms with van der Waals surface area (Å²) in [5, 5.41) is 3.44. The predicted molar refractivity (Wildman–Crippen MR) is 82.7 cm³/mol. The van der Waals surface area contributed by atoms with Crippen LogP contribution in [0, 0.1) is 0 Å². The van der Waals surface area contributed by atoms with Crippen molar-refractivity contribution in [1.29, 1.82) is 0 Å². The molecule has 5 nitrogen and oxygen atoms in total. The number of thiazole rings is 1. The number of anilines is 1. The summed E-state index contributed by atoms with van der Waals surface area (Å²) in [4.78, 5) is 19.9. The van der Waals surface area contributed by atoms with Crippen LogP contribution in [-0.2, 0) is 11.3 Å². The molecule has 0 radical (unpaired) electrons. The van der Waals surface area contributed by atoms with E-state index in [0.29, 0.717) is 15.8 Å². The van der Waals surface area contributed by atoms with Gasteiger partial charge in [-0.25, -0.2) is 14.8 Å². The lowest BCUT2D eigenvalue weighted by molar-refractivity contribution is 0.155. The molecule has 106 valence electrons. The quantitative estimate of drug-likeness (QED) is 0.738. The van der Waals surface area contributed by atoms with Gasteiger partial charge in [0.15, 0.2) is 5.13 Å². The lowest BCUT2D eigenvalue weighted by Crippen LogP contribution is -2.13. The molecule has 3 rings (SSSR count). The highest BCUT2D eigenvalue weighted by molar-refractivity contribution is 7.22. The minimum absolute atomic E-state index is 0.213. The van der Waals surface area contributed by atoms with Gasteiger partial charge < -0.3 is 4.74 Å². The monoisotopic (exact) mass is 319 g/mol. The molecule has 0 unspecified atom stereocenters. The van der Waals surface area contributed by atoms with E-state index in [2.05, 4.69) is 15.3 Å². The molecule has 1 amide bonds. The van der Waals surface area contributed by atoms with Crippen LogP contribution < -0.4 is 5.32 Å². The van der Waals surface area contributed by atoms with E-state index in [0.717, 1.165) is 10.3 Å². The van der Waals surface area contributed by atoms with Gasteiger partial charge in [-0.15, -0.1) is 0 Å². The molecule has 0 aliphatic heterocycles. The molecule has 0 bridgehead atoms. The third kappa shape index (κ3) is 3.48. The SMILES string of the molecule is O=C(Nc1nc2cnc(Cl)cc2s1)OCc1ccccc1. The molecule has 2 heterocycles. The summed E-state index contributed by atoms with van der Waals surface area (Å²) < 4.78 is 5.98. The van der Waals surface area contributed by atoms with Crippen molar-refractivity contribution in [3.05, 3.63) is 53.3 Å². The maximum absolute atomic E-state index is 11.7. The van der Waals surface area contributed by atoms with E-state index in [1.165, 1.54) is 11.3 Å². The Labute approximate surface area is 129 Å². The maximum atomic E-state index is 11.7. The lowest BCUT2D eigenvalue weighted by Gasteiger charge is -2.04. The van der Waals surface area contributed by atoms with Gasteiger partial charge in [0, 0.05) is 0 Å². The molecule has 1 aromatic carbocycles. The molecular weight excluding hydrogens is 310 g/mol. The Morgan fingerprint density at radius 1 is 1.33 bits per heavy atom. The zero-order chi connectivity index (χ0) is 14.7. The maximum Gasteiger partial charge on any atom is 0.413 e. The molecule has 2 aromatic heterocycles. The number of carbonyl (C=O) groups excluding carboxylic acids is 1. The first-order valence-corrected chi connectivity index (χ1v) is 7.30. The molecule has 3 aromatic rings. The Hall–Kier alpha value is -2.18. The fourth-order valence-electron chi connectivity index (χ4n) is 1.71. The normalized spacial score (nSPS) is 10.5. The van der Waals surface area contributed by atoms with Crippen molar-refractivity contribution in [2.24, 2.45) is 0 Å². The topological polar surface area (TPSA) is 64.1 Å². The van der Waals surface area contributed by atoms with Crippen LogP contribution >= 0.6 is 22.9 Å². The number of rotatable bonds is 3. The van der Waals surface area contributed by atoms with Crippen LogP contribution in [-0.4, -0.2) is 16.1 Å². The first-order chi connectivity index (χ1) is 10.2. The van der Waals surface area contributed by atoms with Gasteiger partial charge >= 0.3 is 6.09 Å². The molecule has 1 N–H and O–H groups in total. The van der Waals surface area contributed by atoms with Crippen molar-refractivity contribution >= 4 is 44.4 Å². The van der Waals surface area contributed by atoms with E-state index < -0.39 is 6.09 Å². The zero-order valence-electron chi connectivity index (χ0n) is 10.7. The van der Waals surface area contributed by atoms with Gasteiger partial charge in [-0.1, -0.05) is 53.3 Å². The second kappa shape index (κ2) is 6.07. The van der Waals surface area contributed by atoms with Gasteiger partial charge in [-0.3, -0.25) is 5.32 Å². The number of carbonyl (C=O) groups is 1. The highest BCUT2D eigenvalue weighted by Gasteiger charge is 2.09. The van der Waals surface area contributed by atoms with Gasteiger partial charge in [-0.2, -0.15) is 0 Å². The van der Waals surface area contributed by atoms with Crippen LogP contribution in [0.3, 0.4) is 0 Å². The number of aromatic nitrogens is 2. The van der Waals surface area contributed by atoms with E-state index in [9.17, 15) is 4.79 Å². The van der Waals surface area contributed by atoms with Gasteiger partial charge in [-0.05, 0) is 11.6 Å². The third-order valence-electron chi connectivity index (χ3n) is 2.66. The van der Waals surface area contributed by atoms with Crippen LogP contribution in [0.4, 0.5) is 9.93 Å². The highest BCUT2D eigenvalue weighted by Crippen LogP contribution is 2.27. The second-order valence-electron chi connectivity index (χ2n) is 4.18. The Balaban J connectivity index is 1.63. The number of nitrogens with zero attached hydrogens (tertiary/aromatic N) is 2. The summed E-state index contributed by atoms with van der Waals surface area (Å²) in [6.07, 6.45) is 1.02. The Bertz CT molecular complexity index is 776. The molecule has 7 heteroatoms. The van der Waals surface area contributed by atoms with Gasteiger partial charge in [0.2, 0.25) is 0 Å². The summed E-state index contributed by atoms with van der Waals surface area (Å²) in [6.45, 7) is 0.213.